The number of carbonyl (C=O) groups is 1. The zero-order valence-electron chi connectivity index (χ0n) is 18.7. The first-order valence-corrected chi connectivity index (χ1v) is 11.4. The summed E-state index contributed by atoms with van der Waals surface area (Å²) in [6.45, 7) is 0.625. The molecule has 6 nitrogen and oxygen atoms in total. The lowest BCUT2D eigenvalue weighted by molar-refractivity contribution is -0.138. The van der Waals surface area contributed by atoms with Gasteiger partial charge >= 0.3 is 0 Å². The number of benzene rings is 1. The number of hydrogen-bond acceptors (Lipinski definition) is 3. The first-order chi connectivity index (χ1) is 14.5. The summed E-state index contributed by atoms with van der Waals surface area (Å²) in [6.07, 6.45) is 9.76. The molecule has 1 unspecified atom stereocenters. The highest BCUT2D eigenvalue weighted by atomic mass is 16.5. The standard InChI is InChI=1S/C24H36N4O2/c1-25-22(26-17-23(12-6-7-13-23)21(29)28(2)3)27-19-16-24(14-8-9-15-24)30-20-11-5-4-10-18(19)20/h4-5,10-11,19H,6-9,12-17H2,1-3H3,(H2,25,26,27). The van der Waals surface area contributed by atoms with Crippen molar-refractivity contribution in [2.45, 2.75) is 69.4 Å². The molecular formula is C24H36N4O2. The van der Waals surface area contributed by atoms with Gasteiger partial charge in [-0.2, -0.15) is 0 Å². The van der Waals surface area contributed by atoms with Crippen LogP contribution in [-0.4, -0.2) is 50.1 Å². The van der Waals surface area contributed by atoms with E-state index in [-0.39, 0.29) is 23.0 Å². The molecule has 1 spiro atoms. The topological polar surface area (TPSA) is 66.0 Å². The Morgan fingerprint density at radius 3 is 2.47 bits per heavy atom. The molecule has 1 aromatic carbocycles. The van der Waals surface area contributed by atoms with Gasteiger partial charge in [0, 0.05) is 39.7 Å². The molecule has 2 fully saturated rings. The molecule has 1 aliphatic heterocycles. The van der Waals surface area contributed by atoms with E-state index < -0.39 is 0 Å². The molecule has 1 heterocycles. The van der Waals surface area contributed by atoms with Crippen LogP contribution >= 0.6 is 0 Å². The number of guanidine groups is 1. The number of carbonyl (C=O) groups excluding carboxylic acids is 1. The molecular weight excluding hydrogens is 376 g/mol. The van der Waals surface area contributed by atoms with Gasteiger partial charge in [0.15, 0.2) is 5.96 Å². The number of aliphatic imine (C=N–C) groups is 1. The summed E-state index contributed by atoms with van der Waals surface area (Å²) in [5.74, 6) is 1.99. The van der Waals surface area contributed by atoms with Gasteiger partial charge in [0.25, 0.3) is 0 Å². The zero-order chi connectivity index (χ0) is 21.2. The van der Waals surface area contributed by atoms with E-state index in [0.717, 1.165) is 56.7 Å². The predicted molar refractivity (Wildman–Crippen MR) is 120 cm³/mol. The Hall–Kier alpha value is -2.24. The highest BCUT2D eigenvalue weighted by Gasteiger charge is 2.44. The minimum absolute atomic E-state index is 0.0571. The Balaban J connectivity index is 1.49. The van der Waals surface area contributed by atoms with Crippen molar-refractivity contribution in [3.05, 3.63) is 29.8 Å². The van der Waals surface area contributed by atoms with Crippen LogP contribution < -0.4 is 15.4 Å². The van der Waals surface area contributed by atoms with Crippen molar-refractivity contribution < 1.29 is 9.53 Å². The molecule has 2 N–H and O–H groups in total. The molecule has 1 aromatic rings. The molecule has 0 saturated heterocycles. The third kappa shape index (κ3) is 4.01. The lowest BCUT2D eigenvalue weighted by Crippen LogP contribution is -2.51. The number of rotatable bonds is 4. The maximum Gasteiger partial charge on any atom is 0.230 e. The van der Waals surface area contributed by atoms with Gasteiger partial charge in [-0.15, -0.1) is 0 Å². The van der Waals surface area contributed by atoms with Crippen molar-refractivity contribution in [2.24, 2.45) is 10.4 Å². The van der Waals surface area contributed by atoms with E-state index >= 15 is 0 Å². The van der Waals surface area contributed by atoms with Crippen molar-refractivity contribution >= 4 is 11.9 Å². The monoisotopic (exact) mass is 412 g/mol. The van der Waals surface area contributed by atoms with E-state index in [9.17, 15) is 4.79 Å². The van der Waals surface area contributed by atoms with Gasteiger partial charge in [-0.1, -0.05) is 31.0 Å². The number of ether oxygens (including phenoxy) is 1. The van der Waals surface area contributed by atoms with E-state index in [0.29, 0.717) is 6.54 Å². The van der Waals surface area contributed by atoms with Crippen LogP contribution in [0.15, 0.2) is 29.3 Å². The van der Waals surface area contributed by atoms with Gasteiger partial charge in [-0.05, 0) is 44.6 Å². The SMILES string of the molecule is CN=C(NCC1(C(=O)N(C)C)CCCC1)NC1CC2(CCCC2)Oc2ccccc21. The lowest BCUT2D eigenvalue weighted by Gasteiger charge is -2.41. The van der Waals surface area contributed by atoms with Gasteiger partial charge in [-0.3, -0.25) is 9.79 Å². The van der Waals surface area contributed by atoms with Crippen molar-refractivity contribution in [1.82, 2.24) is 15.5 Å². The van der Waals surface area contributed by atoms with Gasteiger partial charge < -0.3 is 20.3 Å². The third-order valence-corrected chi connectivity index (χ3v) is 7.26. The lowest BCUT2D eigenvalue weighted by atomic mass is 9.84. The number of para-hydroxylation sites is 1. The second kappa shape index (κ2) is 8.48. The fraction of sp³-hybridized carbons (Fsp3) is 0.667. The maximum absolute atomic E-state index is 12.9. The quantitative estimate of drug-likeness (QED) is 0.585. The average molecular weight is 413 g/mol. The normalized spacial score (nSPS) is 24.2. The largest absolute Gasteiger partial charge is 0.487 e. The summed E-state index contributed by atoms with van der Waals surface area (Å²) >= 11 is 0. The Labute approximate surface area is 180 Å². The summed E-state index contributed by atoms with van der Waals surface area (Å²) in [7, 11) is 5.52. The van der Waals surface area contributed by atoms with Crippen molar-refractivity contribution in [2.75, 3.05) is 27.7 Å². The summed E-state index contributed by atoms with van der Waals surface area (Å²) in [4.78, 5) is 19.1. The second-order valence-corrected chi connectivity index (χ2v) is 9.54. The van der Waals surface area contributed by atoms with Crippen LogP contribution in [0.1, 0.15) is 69.4 Å². The molecule has 4 rings (SSSR count). The minimum atomic E-state index is -0.318. The summed E-state index contributed by atoms with van der Waals surface area (Å²) in [5.41, 5.74) is 0.817. The van der Waals surface area contributed by atoms with Gasteiger partial charge in [-0.25, -0.2) is 0 Å². The number of amides is 1. The fourth-order valence-electron chi connectivity index (χ4n) is 5.68. The van der Waals surface area contributed by atoms with Gasteiger partial charge in [0.05, 0.1) is 11.5 Å². The maximum atomic E-state index is 12.9. The molecule has 2 aliphatic carbocycles. The average Bonchev–Trinajstić information content (AvgIpc) is 3.41. The van der Waals surface area contributed by atoms with Gasteiger partial charge in [0.1, 0.15) is 11.4 Å². The fourth-order valence-corrected chi connectivity index (χ4v) is 5.68. The molecule has 0 radical (unpaired) electrons. The smallest absolute Gasteiger partial charge is 0.230 e. The highest BCUT2D eigenvalue weighted by Crippen LogP contribution is 2.47. The van der Waals surface area contributed by atoms with E-state index in [1.807, 2.05) is 20.2 Å². The molecule has 1 amide bonds. The van der Waals surface area contributed by atoms with Crippen LogP contribution in [0.2, 0.25) is 0 Å². The number of hydrogen-bond donors (Lipinski definition) is 2. The number of fused-ring (bicyclic) bond motifs is 1. The Bertz CT molecular complexity index is 792. The van der Waals surface area contributed by atoms with Gasteiger partial charge in [0.2, 0.25) is 5.91 Å². The molecule has 0 aromatic heterocycles. The Morgan fingerprint density at radius 1 is 1.13 bits per heavy atom. The highest BCUT2D eigenvalue weighted by molar-refractivity contribution is 5.85. The summed E-state index contributed by atoms with van der Waals surface area (Å²) in [6, 6.07) is 8.51. The predicted octanol–water partition coefficient (Wildman–Crippen LogP) is 3.64. The number of nitrogens with zero attached hydrogens (tertiary/aromatic N) is 2. The van der Waals surface area contributed by atoms with Crippen LogP contribution in [0.3, 0.4) is 0 Å². The molecule has 6 heteroatoms. The molecule has 1 atom stereocenters. The molecule has 3 aliphatic rings. The second-order valence-electron chi connectivity index (χ2n) is 9.54. The van der Waals surface area contributed by atoms with Crippen LogP contribution in [0.5, 0.6) is 5.75 Å². The van der Waals surface area contributed by atoms with Crippen LogP contribution in [0.4, 0.5) is 0 Å². The van der Waals surface area contributed by atoms with Crippen LogP contribution in [0.25, 0.3) is 0 Å². The molecule has 0 bridgehead atoms. The minimum Gasteiger partial charge on any atom is -0.487 e. The zero-order valence-corrected chi connectivity index (χ0v) is 18.7. The Kier molecular flexibility index (Phi) is 5.94. The summed E-state index contributed by atoms with van der Waals surface area (Å²) < 4.78 is 6.49. The van der Waals surface area contributed by atoms with E-state index in [4.69, 9.17) is 4.74 Å². The Morgan fingerprint density at radius 2 is 1.80 bits per heavy atom. The third-order valence-electron chi connectivity index (χ3n) is 7.26. The van der Waals surface area contributed by atoms with E-state index in [2.05, 4.69) is 33.8 Å². The molecule has 30 heavy (non-hydrogen) atoms. The van der Waals surface area contributed by atoms with Crippen LogP contribution in [-0.2, 0) is 4.79 Å². The molecule has 2 saturated carbocycles. The first kappa shape index (κ1) is 21.0. The van der Waals surface area contributed by atoms with Crippen molar-refractivity contribution in [3.63, 3.8) is 0 Å². The van der Waals surface area contributed by atoms with E-state index in [1.165, 1.54) is 18.4 Å². The number of nitrogens with one attached hydrogen (secondary N) is 2. The summed E-state index contributed by atoms with van der Waals surface area (Å²) in [5, 5.41) is 7.15. The van der Waals surface area contributed by atoms with Crippen molar-refractivity contribution in [3.8, 4) is 5.75 Å². The van der Waals surface area contributed by atoms with Crippen molar-refractivity contribution in [1.29, 1.82) is 0 Å². The molecule has 164 valence electrons. The first-order valence-electron chi connectivity index (χ1n) is 11.4. The van der Waals surface area contributed by atoms with E-state index in [1.54, 1.807) is 11.9 Å². The van der Waals surface area contributed by atoms with Crippen LogP contribution in [0, 0.1) is 5.41 Å².